The first kappa shape index (κ1) is 13.7. The number of nitrogens with two attached hydrogens (primary N) is 1. The first-order valence-corrected chi connectivity index (χ1v) is 6.73. The summed E-state index contributed by atoms with van der Waals surface area (Å²) in [5, 5.41) is 0. The average Bonchev–Trinajstić information content (AvgIpc) is 2.79. The molecule has 0 radical (unpaired) electrons. The lowest BCUT2D eigenvalue weighted by atomic mass is 10.1. The van der Waals surface area contributed by atoms with Crippen LogP contribution in [0.25, 0.3) is 0 Å². The molecule has 0 bridgehead atoms. The third kappa shape index (κ3) is 3.61. The van der Waals surface area contributed by atoms with Gasteiger partial charge in [0.1, 0.15) is 23.9 Å². The molecule has 0 aliphatic heterocycles. The maximum absolute atomic E-state index is 5.76. The van der Waals surface area contributed by atoms with Gasteiger partial charge in [-0.3, -0.25) is 0 Å². The molecule has 3 nitrogen and oxygen atoms in total. The highest BCUT2D eigenvalue weighted by Gasteiger charge is 2.07. The van der Waals surface area contributed by atoms with Gasteiger partial charge >= 0.3 is 0 Å². The summed E-state index contributed by atoms with van der Waals surface area (Å²) < 4.78 is 11.3. The molecule has 0 saturated heterocycles. The van der Waals surface area contributed by atoms with Crippen molar-refractivity contribution in [1.82, 2.24) is 0 Å². The molecule has 0 atom stereocenters. The van der Waals surface area contributed by atoms with Crippen LogP contribution in [0.15, 0.2) is 34.7 Å². The molecule has 0 aliphatic rings. The molecule has 0 saturated carbocycles. The van der Waals surface area contributed by atoms with Crippen molar-refractivity contribution in [1.29, 1.82) is 0 Å². The Morgan fingerprint density at radius 2 is 1.95 bits per heavy atom. The Labute approximate surface area is 114 Å². The normalized spacial score (nSPS) is 10.7. The first-order valence-electron chi connectivity index (χ1n) is 6.73. The Kier molecular flexibility index (Phi) is 4.63. The zero-order valence-electron chi connectivity index (χ0n) is 11.6. The van der Waals surface area contributed by atoms with Crippen molar-refractivity contribution in [3.63, 3.8) is 0 Å². The molecule has 2 aromatic rings. The van der Waals surface area contributed by atoms with E-state index in [1.54, 1.807) is 0 Å². The number of hydrogen-bond donors (Lipinski definition) is 1. The molecule has 1 aromatic carbocycles. The minimum atomic E-state index is 0.423. The van der Waals surface area contributed by atoms with Gasteiger partial charge in [0, 0.05) is 5.56 Å². The van der Waals surface area contributed by atoms with Gasteiger partial charge in [-0.1, -0.05) is 25.5 Å². The van der Waals surface area contributed by atoms with Crippen molar-refractivity contribution in [3.05, 3.63) is 53.0 Å². The summed E-state index contributed by atoms with van der Waals surface area (Å²) in [6, 6.07) is 10.2. The largest absolute Gasteiger partial charge is 0.489 e. The van der Waals surface area contributed by atoms with E-state index in [4.69, 9.17) is 14.9 Å². The summed E-state index contributed by atoms with van der Waals surface area (Å²) in [6.07, 6.45) is 2.28. The van der Waals surface area contributed by atoms with Crippen molar-refractivity contribution in [2.75, 3.05) is 0 Å². The predicted molar refractivity (Wildman–Crippen MR) is 76.1 cm³/mol. The SMILES string of the molecule is CCCc1ccc(OCc2cc(CN)oc2C)cc1. The van der Waals surface area contributed by atoms with Crippen LogP contribution >= 0.6 is 0 Å². The van der Waals surface area contributed by atoms with Crippen LogP contribution in [0.4, 0.5) is 0 Å². The molecular formula is C16H21NO2. The van der Waals surface area contributed by atoms with E-state index in [2.05, 4.69) is 19.1 Å². The standard InChI is InChI=1S/C16H21NO2/c1-3-4-13-5-7-15(8-6-13)18-11-14-9-16(10-17)19-12(14)2/h5-9H,3-4,10-11,17H2,1-2H3. The minimum Gasteiger partial charge on any atom is -0.489 e. The lowest BCUT2D eigenvalue weighted by Gasteiger charge is -2.06. The average molecular weight is 259 g/mol. The third-order valence-electron chi connectivity index (χ3n) is 3.13. The van der Waals surface area contributed by atoms with Gasteiger partial charge in [-0.05, 0) is 37.1 Å². The Balaban J connectivity index is 1.95. The molecule has 0 aliphatic carbocycles. The summed E-state index contributed by atoms with van der Waals surface area (Å²) >= 11 is 0. The van der Waals surface area contributed by atoms with Gasteiger partial charge < -0.3 is 14.9 Å². The van der Waals surface area contributed by atoms with Crippen LogP contribution in [0.5, 0.6) is 5.75 Å². The van der Waals surface area contributed by atoms with Crippen LogP contribution in [-0.4, -0.2) is 0 Å². The van der Waals surface area contributed by atoms with Crippen LogP contribution in [0, 0.1) is 6.92 Å². The van der Waals surface area contributed by atoms with E-state index in [0.717, 1.165) is 35.7 Å². The molecule has 1 aromatic heterocycles. The van der Waals surface area contributed by atoms with Gasteiger partial charge in [-0.2, -0.15) is 0 Å². The highest BCUT2D eigenvalue weighted by atomic mass is 16.5. The molecule has 0 fully saturated rings. The molecule has 0 amide bonds. The van der Waals surface area contributed by atoms with Crippen molar-refractivity contribution in [2.24, 2.45) is 5.73 Å². The lowest BCUT2D eigenvalue weighted by molar-refractivity contribution is 0.303. The van der Waals surface area contributed by atoms with Crippen LogP contribution in [0.3, 0.4) is 0 Å². The number of ether oxygens (including phenoxy) is 1. The Morgan fingerprint density at radius 3 is 2.53 bits per heavy atom. The van der Waals surface area contributed by atoms with Gasteiger partial charge in [-0.25, -0.2) is 0 Å². The van der Waals surface area contributed by atoms with Crippen LogP contribution < -0.4 is 10.5 Å². The number of benzene rings is 1. The molecule has 2 N–H and O–H groups in total. The van der Waals surface area contributed by atoms with Gasteiger partial charge in [0.15, 0.2) is 0 Å². The quantitative estimate of drug-likeness (QED) is 0.862. The van der Waals surface area contributed by atoms with E-state index < -0.39 is 0 Å². The minimum absolute atomic E-state index is 0.423. The van der Waals surface area contributed by atoms with E-state index in [1.165, 1.54) is 5.56 Å². The van der Waals surface area contributed by atoms with E-state index in [1.807, 2.05) is 25.1 Å². The van der Waals surface area contributed by atoms with Crippen LogP contribution in [0.2, 0.25) is 0 Å². The predicted octanol–water partition coefficient (Wildman–Crippen LogP) is 3.58. The van der Waals surface area contributed by atoms with Crippen molar-refractivity contribution in [2.45, 2.75) is 39.8 Å². The summed E-state index contributed by atoms with van der Waals surface area (Å²) in [4.78, 5) is 0. The smallest absolute Gasteiger partial charge is 0.119 e. The molecule has 0 spiro atoms. The fraction of sp³-hybridized carbons (Fsp3) is 0.375. The number of hydrogen-bond acceptors (Lipinski definition) is 3. The fourth-order valence-corrected chi connectivity index (χ4v) is 2.03. The molecule has 2 rings (SSSR count). The number of rotatable bonds is 6. The highest BCUT2D eigenvalue weighted by molar-refractivity contribution is 5.28. The first-order chi connectivity index (χ1) is 9.22. The van der Waals surface area contributed by atoms with Crippen LogP contribution in [0.1, 0.15) is 36.0 Å². The maximum Gasteiger partial charge on any atom is 0.119 e. The highest BCUT2D eigenvalue weighted by Crippen LogP contribution is 2.18. The zero-order chi connectivity index (χ0) is 13.7. The number of aryl methyl sites for hydroxylation is 2. The van der Waals surface area contributed by atoms with Crippen molar-refractivity contribution >= 4 is 0 Å². The monoisotopic (exact) mass is 259 g/mol. The summed E-state index contributed by atoms with van der Waals surface area (Å²) in [5.41, 5.74) is 7.95. The lowest BCUT2D eigenvalue weighted by Crippen LogP contribution is -1.96. The summed E-state index contributed by atoms with van der Waals surface area (Å²) in [7, 11) is 0. The molecule has 3 heteroatoms. The molecule has 0 unspecified atom stereocenters. The second kappa shape index (κ2) is 6.43. The Morgan fingerprint density at radius 1 is 1.21 bits per heavy atom. The van der Waals surface area contributed by atoms with Gasteiger partial charge in [0.05, 0.1) is 6.54 Å². The Bertz CT molecular complexity index is 514. The van der Waals surface area contributed by atoms with Crippen molar-refractivity contribution < 1.29 is 9.15 Å². The maximum atomic E-state index is 5.76. The Hall–Kier alpha value is -1.74. The zero-order valence-corrected chi connectivity index (χ0v) is 11.6. The topological polar surface area (TPSA) is 48.4 Å². The second-order valence-electron chi connectivity index (χ2n) is 4.68. The second-order valence-corrected chi connectivity index (χ2v) is 4.68. The molecular weight excluding hydrogens is 238 g/mol. The van der Waals surface area contributed by atoms with E-state index in [0.29, 0.717) is 13.2 Å². The van der Waals surface area contributed by atoms with Gasteiger partial charge in [0.25, 0.3) is 0 Å². The van der Waals surface area contributed by atoms with Crippen molar-refractivity contribution in [3.8, 4) is 5.75 Å². The summed E-state index contributed by atoms with van der Waals surface area (Å²) in [5.74, 6) is 2.56. The molecule has 19 heavy (non-hydrogen) atoms. The van der Waals surface area contributed by atoms with Gasteiger partial charge in [0.2, 0.25) is 0 Å². The van der Waals surface area contributed by atoms with Crippen LogP contribution in [-0.2, 0) is 19.6 Å². The molecule has 1 heterocycles. The fourth-order valence-electron chi connectivity index (χ4n) is 2.03. The van der Waals surface area contributed by atoms with E-state index in [9.17, 15) is 0 Å². The van der Waals surface area contributed by atoms with E-state index in [-0.39, 0.29) is 0 Å². The third-order valence-corrected chi connectivity index (χ3v) is 3.13. The number of furan rings is 1. The molecule has 102 valence electrons. The summed E-state index contributed by atoms with van der Waals surface area (Å²) in [6.45, 7) is 5.05. The van der Waals surface area contributed by atoms with E-state index >= 15 is 0 Å². The van der Waals surface area contributed by atoms with Gasteiger partial charge in [-0.15, -0.1) is 0 Å².